The minimum Gasteiger partial charge on any atom is -0.354 e. The lowest BCUT2D eigenvalue weighted by Gasteiger charge is -2.15. The van der Waals surface area contributed by atoms with E-state index in [4.69, 9.17) is 11.6 Å². The van der Waals surface area contributed by atoms with Gasteiger partial charge in [-0.3, -0.25) is 0 Å². The summed E-state index contributed by atoms with van der Waals surface area (Å²) in [6.07, 6.45) is -8.84. The predicted molar refractivity (Wildman–Crippen MR) is 98.4 cm³/mol. The highest BCUT2D eigenvalue weighted by atomic mass is 35.5. The summed E-state index contributed by atoms with van der Waals surface area (Å²) in [4.78, 5) is 9.25. The Morgan fingerprint density at radius 3 is 2.28 bits per heavy atom. The number of anilines is 3. The molecular weight excluding hydrogens is 424 g/mol. The molecule has 0 saturated heterocycles. The standard InChI is InChI=1S/C17H18ClF6N5/c1-29(2)7-3-6-25-15-27-13(17(22,23)24)9-14(28-15)26-10-4-5-12(18)11(8-10)16(19,20)21/h4-5,8-9H,3,6-7H2,1-2H3,(H2,25,26,27,28). The molecule has 2 aromatic rings. The molecule has 12 heteroatoms. The van der Waals surface area contributed by atoms with E-state index in [0.29, 0.717) is 31.6 Å². The van der Waals surface area contributed by atoms with Crippen molar-refractivity contribution in [2.75, 3.05) is 37.8 Å². The summed E-state index contributed by atoms with van der Waals surface area (Å²) in [5.74, 6) is -0.594. The zero-order valence-corrected chi connectivity index (χ0v) is 16.2. The SMILES string of the molecule is CN(C)CCCNc1nc(Nc2ccc(Cl)c(C(F)(F)F)c2)cc(C(F)(F)F)n1. The Hall–Kier alpha value is -2.27. The van der Waals surface area contributed by atoms with Gasteiger partial charge in [0.25, 0.3) is 0 Å². The molecular formula is C17H18ClF6N5. The molecule has 0 radical (unpaired) electrons. The molecule has 1 aromatic heterocycles. The van der Waals surface area contributed by atoms with Gasteiger partial charge in [0, 0.05) is 18.3 Å². The fraction of sp³-hybridized carbons (Fsp3) is 0.412. The van der Waals surface area contributed by atoms with Crippen LogP contribution >= 0.6 is 11.6 Å². The van der Waals surface area contributed by atoms with E-state index < -0.39 is 28.6 Å². The summed E-state index contributed by atoms with van der Waals surface area (Å²) < 4.78 is 78.4. The summed E-state index contributed by atoms with van der Waals surface area (Å²) in [6.45, 7) is 1.01. The molecule has 160 valence electrons. The number of halogens is 7. The number of nitrogens with one attached hydrogen (secondary N) is 2. The van der Waals surface area contributed by atoms with Crippen molar-refractivity contribution in [2.45, 2.75) is 18.8 Å². The van der Waals surface area contributed by atoms with Gasteiger partial charge in [-0.25, -0.2) is 4.98 Å². The number of benzene rings is 1. The van der Waals surface area contributed by atoms with Crippen molar-refractivity contribution in [3.05, 3.63) is 40.5 Å². The van der Waals surface area contributed by atoms with Gasteiger partial charge < -0.3 is 15.5 Å². The number of hydrogen-bond donors (Lipinski definition) is 2. The Morgan fingerprint density at radius 1 is 1.00 bits per heavy atom. The first-order valence-corrected chi connectivity index (χ1v) is 8.72. The highest BCUT2D eigenvalue weighted by molar-refractivity contribution is 6.31. The first-order chi connectivity index (χ1) is 13.4. The number of nitrogens with zero attached hydrogens (tertiary/aromatic N) is 3. The minimum absolute atomic E-state index is 0.118. The smallest absolute Gasteiger partial charge is 0.354 e. The molecule has 5 nitrogen and oxygen atoms in total. The number of aromatic nitrogens is 2. The van der Waals surface area contributed by atoms with Crippen LogP contribution in [0.1, 0.15) is 17.7 Å². The van der Waals surface area contributed by atoms with E-state index in [9.17, 15) is 26.3 Å². The van der Waals surface area contributed by atoms with Crippen molar-refractivity contribution in [1.29, 1.82) is 0 Å². The molecule has 0 fully saturated rings. The molecule has 0 atom stereocenters. The lowest BCUT2D eigenvalue weighted by molar-refractivity contribution is -0.141. The van der Waals surface area contributed by atoms with E-state index in [-0.39, 0.29) is 17.5 Å². The van der Waals surface area contributed by atoms with Gasteiger partial charge in [-0.1, -0.05) is 11.6 Å². The second-order valence-electron chi connectivity index (χ2n) is 6.36. The molecule has 0 aliphatic heterocycles. The van der Waals surface area contributed by atoms with E-state index in [1.165, 1.54) is 6.07 Å². The van der Waals surface area contributed by atoms with E-state index in [1.54, 1.807) is 0 Å². The first-order valence-electron chi connectivity index (χ1n) is 8.35. The molecule has 2 N–H and O–H groups in total. The van der Waals surface area contributed by atoms with Crippen LogP contribution in [0, 0.1) is 0 Å². The van der Waals surface area contributed by atoms with E-state index in [2.05, 4.69) is 20.6 Å². The fourth-order valence-corrected chi connectivity index (χ4v) is 2.52. The van der Waals surface area contributed by atoms with Gasteiger partial charge in [-0.15, -0.1) is 0 Å². The molecule has 1 aromatic carbocycles. The third-order valence-corrected chi connectivity index (χ3v) is 3.96. The lowest BCUT2D eigenvalue weighted by atomic mass is 10.2. The van der Waals surface area contributed by atoms with Gasteiger partial charge in [0.1, 0.15) is 5.82 Å². The Labute approximate surface area is 168 Å². The summed E-state index contributed by atoms with van der Waals surface area (Å²) in [5, 5.41) is 4.62. The van der Waals surface area contributed by atoms with Crippen LogP contribution in [0.4, 0.5) is 43.8 Å². The Balaban J connectivity index is 2.28. The molecule has 1 heterocycles. The van der Waals surface area contributed by atoms with Crippen molar-refractivity contribution < 1.29 is 26.3 Å². The minimum atomic E-state index is -4.75. The van der Waals surface area contributed by atoms with E-state index in [0.717, 1.165) is 6.07 Å². The van der Waals surface area contributed by atoms with Crippen LogP contribution < -0.4 is 10.6 Å². The fourth-order valence-electron chi connectivity index (χ4n) is 2.30. The average molecular weight is 442 g/mol. The summed E-state index contributed by atoms with van der Waals surface area (Å²) in [7, 11) is 3.70. The van der Waals surface area contributed by atoms with Crippen LogP contribution in [0.25, 0.3) is 0 Å². The third kappa shape index (κ3) is 6.93. The Bertz CT molecular complexity index is 838. The molecule has 0 bridgehead atoms. The summed E-state index contributed by atoms with van der Waals surface area (Å²) in [6, 6.07) is 3.52. The number of rotatable bonds is 7. The molecule has 0 amide bonds. The largest absolute Gasteiger partial charge is 0.433 e. The van der Waals surface area contributed by atoms with E-state index in [1.807, 2.05) is 19.0 Å². The number of hydrogen-bond acceptors (Lipinski definition) is 5. The monoisotopic (exact) mass is 441 g/mol. The molecule has 0 saturated carbocycles. The maximum absolute atomic E-state index is 13.1. The topological polar surface area (TPSA) is 53.1 Å². The quantitative estimate of drug-likeness (QED) is 0.452. The highest BCUT2D eigenvalue weighted by Gasteiger charge is 2.35. The van der Waals surface area contributed by atoms with Gasteiger partial charge in [0.15, 0.2) is 5.69 Å². The van der Waals surface area contributed by atoms with Crippen molar-refractivity contribution >= 4 is 29.1 Å². The van der Waals surface area contributed by atoms with Crippen LogP contribution in [0.15, 0.2) is 24.3 Å². The Kier molecular flexibility index (Phi) is 7.17. The Morgan fingerprint density at radius 2 is 1.69 bits per heavy atom. The van der Waals surface area contributed by atoms with Crippen molar-refractivity contribution in [1.82, 2.24) is 14.9 Å². The van der Waals surface area contributed by atoms with E-state index >= 15 is 0 Å². The average Bonchev–Trinajstić information content (AvgIpc) is 2.58. The van der Waals surface area contributed by atoms with Crippen molar-refractivity contribution in [3.8, 4) is 0 Å². The van der Waals surface area contributed by atoms with Gasteiger partial charge in [-0.05, 0) is 45.3 Å². The molecule has 0 aliphatic rings. The van der Waals surface area contributed by atoms with Crippen LogP contribution in [0.2, 0.25) is 5.02 Å². The second-order valence-corrected chi connectivity index (χ2v) is 6.77. The lowest BCUT2D eigenvalue weighted by Crippen LogP contribution is -2.18. The third-order valence-electron chi connectivity index (χ3n) is 3.63. The summed E-state index contributed by atoms with van der Waals surface area (Å²) >= 11 is 5.55. The van der Waals surface area contributed by atoms with Crippen LogP contribution in [0.5, 0.6) is 0 Å². The molecule has 0 unspecified atom stereocenters. The zero-order chi connectivity index (χ0) is 21.8. The van der Waals surface area contributed by atoms with Crippen molar-refractivity contribution in [3.63, 3.8) is 0 Å². The zero-order valence-electron chi connectivity index (χ0n) is 15.4. The van der Waals surface area contributed by atoms with Crippen molar-refractivity contribution in [2.24, 2.45) is 0 Å². The first kappa shape index (κ1) is 23.0. The summed E-state index contributed by atoms with van der Waals surface area (Å²) in [5.41, 5.74) is -2.46. The van der Waals surface area contributed by atoms with Gasteiger partial charge >= 0.3 is 12.4 Å². The predicted octanol–water partition coefficient (Wildman–Crippen LogP) is 5.27. The molecule has 29 heavy (non-hydrogen) atoms. The van der Waals surface area contributed by atoms with Crippen LogP contribution in [0.3, 0.4) is 0 Å². The van der Waals surface area contributed by atoms with Gasteiger partial charge in [0.05, 0.1) is 10.6 Å². The van der Waals surface area contributed by atoms with Crippen LogP contribution in [-0.4, -0.2) is 42.1 Å². The van der Waals surface area contributed by atoms with Gasteiger partial charge in [-0.2, -0.15) is 31.3 Å². The maximum atomic E-state index is 13.1. The maximum Gasteiger partial charge on any atom is 0.433 e. The normalized spacial score (nSPS) is 12.3. The molecule has 0 spiro atoms. The second kappa shape index (κ2) is 9.04. The van der Waals surface area contributed by atoms with Gasteiger partial charge in [0.2, 0.25) is 5.95 Å². The number of alkyl halides is 6. The molecule has 2 rings (SSSR count). The molecule has 0 aliphatic carbocycles. The van der Waals surface area contributed by atoms with Crippen LogP contribution in [-0.2, 0) is 12.4 Å². The highest BCUT2D eigenvalue weighted by Crippen LogP contribution is 2.37.